The van der Waals surface area contributed by atoms with E-state index in [4.69, 9.17) is 4.74 Å². The first-order chi connectivity index (χ1) is 10.6. The molecule has 1 aliphatic heterocycles. The van der Waals surface area contributed by atoms with Crippen molar-refractivity contribution in [2.45, 2.75) is 32.7 Å². The van der Waals surface area contributed by atoms with Gasteiger partial charge in [0.2, 0.25) is 0 Å². The van der Waals surface area contributed by atoms with Crippen molar-refractivity contribution >= 4 is 5.82 Å². The van der Waals surface area contributed by atoms with Gasteiger partial charge in [-0.15, -0.1) is 5.10 Å². The van der Waals surface area contributed by atoms with Gasteiger partial charge in [0.1, 0.15) is 17.4 Å². The summed E-state index contributed by atoms with van der Waals surface area (Å²) in [6.45, 7) is 6.46. The molecule has 0 saturated heterocycles. The van der Waals surface area contributed by atoms with E-state index < -0.39 is 0 Å². The number of nitriles is 1. The van der Waals surface area contributed by atoms with Crippen LogP contribution >= 0.6 is 0 Å². The zero-order valence-corrected chi connectivity index (χ0v) is 12.9. The number of benzene rings is 1. The van der Waals surface area contributed by atoms with Crippen LogP contribution in [0.2, 0.25) is 0 Å². The molecule has 0 saturated carbocycles. The van der Waals surface area contributed by atoms with Gasteiger partial charge in [0.05, 0.1) is 12.3 Å². The zero-order valence-electron chi connectivity index (χ0n) is 12.9. The molecule has 2 aromatic rings. The van der Waals surface area contributed by atoms with Crippen molar-refractivity contribution in [3.63, 3.8) is 0 Å². The number of aryl methyl sites for hydroxylation is 1. The van der Waals surface area contributed by atoms with Crippen LogP contribution in [0, 0.1) is 25.2 Å². The first-order valence-electron chi connectivity index (χ1n) is 7.34. The molecule has 112 valence electrons. The van der Waals surface area contributed by atoms with Gasteiger partial charge >= 0.3 is 0 Å². The second-order valence-electron chi connectivity index (χ2n) is 5.63. The molecule has 5 nitrogen and oxygen atoms in total. The Labute approximate surface area is 130 Å². The van der Waals surface area contributed by atoms with Gasteiger partial charge in [0, 0.05) is 17.5 Å². The van der Waals surface area contributed by atoms with E-state index >= 15 is 0 Å². The number of anilines is 1. The first-order valence-corrected chi connectivity index (χ1v) is 7.34. The molecular weight excluding hydrogens is 276 g/mol. The number of ether oxygens (including phenoxy) is 1. The van der Waals surface area contributed by atoms with Crippen molar-refractivity contribution in [2.75, 3.05) is 11.9 Å². The Balaban J connectivity index is 1.86. The molecule has 0 bridgehead atoms. The van der Waals surface area contributed by atoms with Crippen LogP contribution in [-0.4, -0.2) is 22.8 Å². The highest BCUT2D eigenvalue weighted by Crippen LogP contribution is 2.36. The van der Waals surface area contributed by atoms with E-state index in [9.17, 15) is 5.26 Å². The van der Waals surface area contributed by atoms with Gasteiger partial charge in [-0.05, 0) is 32.4 Å². The van der Waals surface area contributed by atoms with E-state index in [1.54, 1.807) is 0 Å². The van der Waals surface area contributed by atoms with Gasteiger partial charge in [-0.1, -0.05) is 18.2 Å². The highest BCUT2D eigenvalue weighted by atomic mass is 16.5. The number of hydrogen-bond acceptors (Lipinski definition) is 5. The second-order valence-corrected chi connectivity index (χ2v) is 5.63. The Bertz CT molecular complexity index is 751. The lowest BCUT2D eigenvalue weighted by molar-refractivity contribution is 0.322. The van der Waals surface area contributed by atoms with Gasteiger partial charge in [-0.25, -0.2) is 0 Å². The third-order valence-corrected chi connectivity index (χ3v) is 4.27. The Morgan fingerprint density at radius 1 is 1.32 bits per heavy atom. The van der Waals surface area contributed by atoms with Crippen molar-refractivity contribution in [3.05, 3.63) is 46.6 Å². The molecule has 1 aromatic carbocycles. The number of rotatable bonds is 3. The van der Waals surface area contributed by atoms with E-state index in [-0.39, 0.29) is 12.0 Å². The maximum absolute atomic E-state index is 9.38. The number of para-hydroxylation sites is 1. The molecule has 22 heavy (non-hydrogen) atoms. The molecule has 0 aliphatic carbocycles. The average molecular weight is 294 g/mol. The molecule has 2 unspecified atom stereocenters. The third-order valence-electron chi connectivity index (χ3n) is 4.27. The monoisotopic (exact) mass is 294 g/mol. The lowest BCUT2D eigenvalue weighted by Gasteiger charge is -2.21. The summed E-state index contributed by atoms with van der Waals surface area (Å²) in [6, 6.07) is 10.4. The number of fused-ring (bicyclic) bond motifs is 1. The SMILES string of the molecule is Cc1nnc(NC(C)C2COc3ccccc32)c(C#N)c1C. The fourth-order valence-corrected chi connectivity index (χ4v) is 2.76. The summed E-state index contributed by atoms with van der Waals surface area (Å²) in [5, 5.41) is 21.0. The lowest BCUT2D eigenvalue weighted by atomic mass is 9.94. The standard InChI is InChI=1S/C17H18N4O/c1-10-11(2)20-21-17(14(10)8-18)19-12(3)15-9-22-16-7-5-4-6-13(15)16/h4-7,12,15H,9H2,1-3H3,(H,19,21). The molecule has 1 aliphatic rings. The van der Waals surface area contributed by atoms with Crippen molar-refractivity contribution < 1.29 is 4.74 Å². The molecule has 2 atom stereocenters. The number of aromatic nitrogens is 2. The van der Waals surface area contributed by atoms with Gasteiger partial charge in [-0.3, -0.25) is 0 Å². The Morgan fingerprint density at radius 2 is 2.09 bits per heavy atom. The van der Waals surface area contributed by atoms with Crippen LogP contribution in [0.4, 0.5) is 5.82 Å². The summed E-state index contributed by atoms with van der Waals surface area (Å²) in [7, 11) is 0. The van der Waals surface area contributed by atoms with Crippen LogP contribution in [0.5, 0.6) is 5.75 Å². The van der Waals surface area contributed by atoms with Crippen molar-refractivity contribution in [1.82, 2.24) is 10.2 Å². The van der Waals surface area contributed by atoms with E-state index in [1.807, 2.05) is 32.0 Å². The normalized spacial score (nSPS) is 17.3. The van der Waals surface area contributed by atoms with Crippen LogP contribution in [0.1, 0.15) is 35.2 Å². The molecule has 1 aromatic heterocycles. The van der Waals surface area contributed by atoms with Crippen LogP contribution in [0.3, 0.4) is 0 Å². The lowest BCUT2D eigenvalue weighted by Crippen LogP contribution is -2.26. The van der Waals surface area contributed by atoms with Crippen LogP contribution in [-0.2, 0) is 0 Å². The largest absolute Gasteiger partial charge is 0.493 e. The summed E-state index contributed by atoms with van der Waals surface area (Å²) in [4.78, 5) is 0. The van der Waals surface area contributed by atoms with Crippen LogP contribution in [0.25, 0.3) is 0 Å². The maximum atomic E-state index is 9.38. The first kappa shape index (κ1) is 14.3. The number of nitrogens with zero attached hydrogens (tertiary/aromatic N) is 3. The average Bonchev–Trinajstić information content (AvgIpc) is 2.95. The molecule has 1 N–H and O–H groups in total. The van der Waals surface area contributed by atoms with E-state index in [0.717, 1.165) is 17.0 Å². The Kier molecular flexibility index (Phi) is 3.68. The van der Waals surface area contributed by atoms with E-state index in [2.05, 4.69) is 34.6 Å². The molecule has 3 rings (SSSR count). The van der Waals surface area contributed by atoms with Crippen LogP contribution in [0.15, 0.2) is 24.3 Å². The summed E-state index contributed by atoms with van der Waals surface area (Å²) < 4.78 is 5.73. The third kappa shape index (κ3) is 2.37. The van der Waals surface area contributed by atoms with Crippen LogP contribution < -0.4 is 10.1 Å². The molecule has 0 radical (unpaired) electrons. The van der Waals surface area contributed by atoms with Gasteiger partial charge in [-0.2, -0.15) is 10.4 Å². The van der Waals surface area contributed by atoms with E-state index in [1.165, 1.54) is 5.56 Å². The Morgan fingerprint density at radius 3 is 2.86 bits per heavy atom. The van der Waals surface area contributed by atoms with E-state index in [0.29, 0.717) is 18.0 Å². The van der Waals surface area contributed by atoms with Gasteiger partial charge in [0.15, 0.2) is 5.82 Å². The topological polar surface area (TPSA) is 70.8 Å². The maximum Gasteiger partial charge on any atom is 0.167 e. The predicted molar refractivity (Wildman–Crippen MR) is 84.0 cm³/mol. The quantitative estimate of drug-likeness (QED) is 0.942. The second kappa shape index (κ2) is 5.64. The fourth-order valence-electron chi connectivity index (χ4n) is 2.76. The molecule has 5 heteroatoms. The molecule has 0 amide bonds. The van der Waals surface area contributed by atoms with Crippen molar-refractivity contribution in [2.24, 2.45) is 0 Å². The molecule has 0 spiro atoms. The van der Waals surface area contributed by atoms with Crippen molar-refractivity contribution in [1.29, 1.82) is 5.26 Å². The minimum Gasteiger partial charge on any atom is -0.493 e. The number of nitrogens with one attached hydrogen (secondary N) is 1. The predicted octanol–water partition coefficient (Wildman–Crippen LogP) is 2.94. The smallest absolute Gasteiger partial charge is 0.167 e. The summed E-state index contributed by atoms with van der Waals surface area (Å²) in [6.07, 6.45) is 0. The molecular formula is C17H18N4O. The summed E-state index contributed by atoms with van der Waals surface area (Å²) in [5.74, 6) is 1.71. The molecule has 0 fully saturated rings. The minimum absolute atomic E-state index is 0.0900. The number of hydrogen-bond donors (Lipinski definition) is 1. The highest BCUT2D eigenvalue weighted by molar-refractivity contribution is 5.56. The van der Waals surface area contributed by atoms with Gasteiger partial charge < -0.3 is 10.1 Å². The Hall–Kier alpha value is -2.61. The highest BCUT2D eigenvalue weighted by Gasteiger charge is 2.29. The molecule has 2 heterocycles. The summed E-state index contributed by atoms with van der Waals surface area (Å²) >= 11 is 0. The zero-order chi connectivity index (χ0) is 15.7. The minimum atomic E-state index is 0.0900. The van der Waals surface area contributed by atoms with Gasteiger partial charge in [0.25, 0.3) is 0 Å². The van der Waals surface area contributed by atoms with Crippen molar-refractivity contribution in [3.8, 4) is 11.8 Å². The fraction of sp³-hybridized carbons (Fsp3) is 0.353. The summed E-state index contributed by atoms with van der Waals surface area (Å²) in [5.41, 5.74) is 3.41.